The minimum Gasteiger partial charge on any atom is -0.491 e. The van der Waals surface area contributed by atoms with E-state index in [0.717, 1.165) is 36.8 Å². The maximum absolute atomic E-state index is 10.8. The standard InChI is InChI=1S/C32H46O5/c1-7-18-31(36,8-2)19-17-25-11-12-26(20-23(25)5)32(9-3,10-4)27-13-15-29(24(6)21-27)37-22-28(33)14-16-30(34)35/h11-13,15,17,19-21,28,33,36H,7-10,14,16,18,22H2,1-6H3,(H,34,35)/b19-17+. The van der Waals surface area contributed by atoms with Crippen molar-refractivity contribution >= 4 is 12.0 Å². The Kier molecular flexibility index (Phi) is 11.4. The number of carboxylic acid groups (broad SMARTS) is 1. The number of ether oxygens (including phenoxy) is 1. The molecule has 5 nitrogen and oxygen atoms in total. The van der Waals surface area contributed by atoms with Crippen LogP contribution in [0.1, 0.15) is 100 Å². The predicted molar refractivity (Wildman–Crippen MR) is 151 cm³/mol. The van der Waals surface area contributed by atoms with E-state index in [0.29, 0.717) is 12.2 Å². The van der Waals surface area contributed by atoms with E-state index in [2.05, 4.69) is 64.1 Å². The van der Waals surface area contributed by atoms with Crippen LogP contribution in [0.15, 0.2) is 42.5 Å². The lowest BCUT2D eigenvalue weighted by atomic mass is 9.70. The Hall–Kier alpha value is -2.63. The Labute approximate surface area is 223 Å². The van der Waals surface area contributed by atoms with Crippen molar-refractivity contribution in [2.45, 2.75) is 104 Å². The molecule has 37 heavy (non-hydrogen) atoms. The molecule has 5 heteroatoms. The van der Waals surface area contributed by atoms with Gasteiger partial charge in [-0.2, -0.15) is 0 Å². The van der Waals surface area contributed by atoms with E-state index in [1.165, 1.54) is 16.7 Å². The summed E-state index contributed by atoms with van der Waals surface area (Å²) in [6.45, 7) is 12.8. The molecule has 3 N–H and O–H groups in total. The Morgan fingerprint density at radius 1 is 0.973 bits per heavy atom. The van der Waals surface area contributed by atoms with Gasteiger partial charge in [0.2, 0.25) is 0 Å². The molecule has 0 saturated heterocycles. The molecule has 0 radical (unpaired) electrons. The Morgan fingerprint density at radius 3 is 2.11 bits per heavy atom. The Bertz CT molecular complexity index is 1050. The number of carboxylic acids is 1. The van der Waals surface area contributed by atoms with Crippen LogP contribution in [0.2, 0.25) is 0 Å². The van der Waals surface area contributed by atoms with E-state index >= 15 is 0 Å². The molecule has 2 atom stereocenters. The summed E-state index contributed by atoms with van der Waals surface area (Å²) in [7, 11) is 0. The SMILES string of the molecule is CCCC(O)(/C=C/c1ccc(C(CC)(CC)c2ccc(OCC(O)CCC(=O)O)c(C)c2)cc1C)CC. The number of rotatable bonds is 15. The lowest BCUT2D eigenvalue weighted by molar-refractivity contribution is -0.137. The van der Waals surface area contributed by atoms with Crippen LogP contribution >= 0.6 is 0 Å². The Balaban J connectivity index is 2.30. The number of aliphatic hydroxyl groups is 2. The van der Waals surface area contributed by atoms with E-state index in [-0.39, 0.29) is 24.9 Å². The van der Waals surface area contributed by atoms with E-state index < -0.39 is 17.7 Å². The normalized spacial score (nSPS) is 14.5. The second-order valence-electron chi connectivity index (χ2n) is 10.3. The highest BCUT2D eigenvalue weighted by atomic mass is 16.5. The van der Waals surface area contributed by atoms with Crippen molar-refractivity contribution in [3.63, 3.8) is 0 Å². The monoisotopic (exact) mass is 510 g/mol. The minimum atomic E-state index is -0.923. The van der Waals surface area contributed by atoms with Crippen LogP contribution in [0, 0.1) is 13.8 Å². The molecule has 204 valence electrons. The van der Waals surface area contributed by atoms with Gasteiger partial charge >= 0.3 is 5.97 Å². The van der Waals surface area contributed by atoms with E-state index in [1.807, 2.05) is 26.0 Å². The second-order valence-corrected chi connectivity index (χ2v) is 10.3. The first-order valence-corrected chi connectivity index (χ1v) is 13.7. The predicted octanol–water partition coefficient (Wildman–Crippen LogP) is 6.97. The number of carbonyl (C=O) groups is 1. The molecule has 0 amide bonds. The van der Waals surface area contributed by atoms with E-state index in [4.69, 9.17) is 9.84 Å². The fourth-order valence-electron chi connectivity index (χ4n) is 5.12. The Morgan fingerprint density at radius 2 is 1.59 bits per heavy atom. The summed E-state index contributed by atoms with van der Waals surface area (Å²) in [5.41, 5.74) is 4.87. The number of aryl methyl sites for hydroxylation is 2. The smallest absolute Gasteiger partial charge is 0.303 e. The summed E-state index contributed by atoms with van der Waals surface area (Å²) in [5.74, 6) is -0.223. The topological polar surface area (TPSA) is 87.0 Å². The average molecular weight is 511 g/mol. The van der Waals surface area contributed by atoms with Crippen LogP contribution in [-0.2, 0) is 10.2 Å². The highest BCUT2D eigenvalue weighted by molar-refractivity contribution is 5.66. The molecular formula is C32H46O5. The lowest BCUT2D eigenvalue weighted by Gasteiger charge is -2.34. The number of aliphatic carboxylic acids is 1. The lowest BCUT2D eigenvalue weighted by Crippen LogP contribution is -2.26. The summed E-state index contributed by atoms with van der Waals surface area (Å²) in [6, 6.07) is 12.9. The largest absolute Gasteiger partial charge is 0.491 e. The van der Waals surface area contributed by atoms with Crippen LogP contribution < -0.4 is 4.74 Å². The number of hydrogen-bond donors (Lipinski definition) is 3. The molecule has 0 aliphatic rings. The number of hydrogen-bond acceptors (Lipinski definition) is 4. The number of aliphatic hydroxyl groups excluding tert-OH is 1. The molecule has 0 aromatic heterocycles. The van der Waals surface area contributed by atoms with Gasteiger partial charge in [0.05, 0.1) is 11.7 Å². The van der Waals surface area contributed by atoms with Crippen molar-refractivity contribution in [3.8, 4) is 5.75 Å². The first kappa shape index (κ1) is 30.6. The maximum atomic E-state index is 10.8. The second kappa shape index (κ2) is 13.8. The van der Waals surface area contributed by atoms with Crippen molar-refractivity contribution in [3.05, 3.63) is 70.3 Å². The molecule has 0 saturated carbocycles. The number of benzene rings is 2. The van der Waals surface area contributed by atoms with E-state index in [1.54, 1.807) is 0 Å². The van der Waals surface area contributed by atoms with Gasteiger partial charge in [0, 0.05) is 11.8 Å². The van der Waals surface area contributed by atoms with Gasteiger partial charge in [0.25, 0.3) is 0 Å². The van der Waals surface area contributed by atoms with Crippen molar-refractivity contribution in [1.29, 1.82) is 0 Å². The van der Waals surface area contributed by atoms with Gasteiger partial charge in [-0.05, 0) is 79.8 Å². The van der Waals surface area contributed by atoms with Crippen molar-refractivity contribution in [1.82, 2.24) is 0 Å². The third-order valence-corrected chi connectivity index (χ3v) is 7.75. The van der Waals surface area contributed by atoms with Crippen LogP contribution in [0.5, 0.6) is 5.75 Å². The summed E-state index contributed by atoms with van der Waals surface area (Å²) >= 11 is 0. The highest BCUT2D eigenvalue weighted by Gasteiger charge is 2.31. The third-order valence-electron chi connectivity index (χ3n) is 7.75. The van der Waals surface area contributed by atoms with Gasteiger partial charge in [0.15, 0.2) is 0 Å². The van der Waals surface area contributed by atoms with Crippen LogP contribution in [0.3, 0.4) is 0 Å². The molecule has 2 aromatic rings. The summed E-state index contributed by atoms with van der Waals surface area (Å²) in [4.78, 5) is 10.7. The summed E-state index contributed by atoms with van der Waals surface area (Å²) < 4.78 is 5.82. The summed E-state index contributed by atoms with van der Waals surface area (Å²) in [5, 5.41) is 29.6. The van der Waals surface area contributed by atoms with Gasteiger partial charge in [-0.15, -0.1) is 0 Å². The zero-order valence-corrected chi connectivity index (χ0v) is 23.5. The molecule has 0 heterocycles. The highest BCUT2D eigenvalue weighted by Crippen LogP contribution is 2.41. The van der Waals surface area contributed by atoms with Gasteiger partial charge in [-0.25, -0.2) is 0 Å². The first-order valence-electron chi connectivity index (χ1n) is 13.7. The first-order chi connectivity index (χ1) is 17.5. The zero-order valence-electron chi connectivity index (χ0n) is 23.5. The van der Waals surface area contributed by atoms with E-state index in [9.17, 15) is 15.0 Å². The van der Waals surface area contributed by atoms with Crippen molar-refractivity contribution < 1.29 is 24.9 Å². The summed E-state index contributed by atoms with van der Waals surface area (Å²) in [6.07, 6.45) is 7.56. The minimum absolute atomic E-state index is 0.0692. The van der Waals surface area contributed by atoms with Gasteiger partial charge in [-0.1, -0.05) is 76.6 Å². The molecule has 0 aliphatic heterocycles. The van der Waals surface area contributed by atoms with Gasteiger partial charge in [0.1, 0.15) is 12.4 Å². The quantitative estimate of drug-likeness (QED) is 0.241. The third kappa shape index (κ3) is 7.93. The van der Waals surface area contributed by atoms with Crippen LogP contribution in [0.25, 0.3) is 6.08 Å². The van der Waals surface area contributed by atoms with Crippen molar-refractivity contribution in [2.24, 2.45) is 0 Å². The van der Waals surface area contributed by atoms with Gasteiger partial charge < -0.3 is 20.1 Å². The van der Waals surface area contributed by atoms with Crippen molar-refractivity contribution in [2.75, 3.05) is 6.61 Å². The van der Waals surface area contributed by atoms with Crippen LogP contribution in [-0.4, -0.2) is 39.6 Å². The molecule has 0 aliphatic carbocycles. The maximum Gasteiger partial charge on any atom is 0.303 e. The molecule has 0 bridgehead atoms. The molecule has 2 rings (SSSR count). The molecule has 0 spiro atoms. The average Bonchev–Trinajstić information content (AvgIpc) is 2.87. The molecule has 2 aromatic carbocycles. The zero-order chi connectivity index (χ0) is 27.6. The molecular weight excluding hydrogens is 464 g/mol. The van der Waals surface area contributed by atoms with Gasteiger partial charge in [-0.3, -0.25) is 4.79 Å². The molecule has 2 unspecified atom stereocenters. The fraction of sp³-hybridized carbons (Fsp3) is 0.531. The van der Waals surface area contributed by atoms with Crippen LogP contribution in [0.4, 0.5) is 0 Å². The molecule has 0 fully saturated rings. The fourth-order valence-corrected chi connectivity index (χ4v) is 5.12.